The van der Waals surface area contributed by atoms with E-state index in [-0.39, 0.29) is 0 Å². The van der Waals surface area contributed by atoms with Gasteiger partial charge in [0.2, 0.25) is 0 Å². The van der Waals surface area contributed by atoms with Crippen molar-refractivity contribution in [1.82, 2.24) is 9.80 Å². The molecule has 0 N–H and O–H groups in total. The third-order valence-electron chi connectivity index (χ3n) is 3.98. The van der Waals surface area contributed by atoms with E-state index >= 15 is 0 Å². The summed E-state index contributed by atoms with van der Waals surface area (Å²) in [6.45, 7) is 12.0. The summed E-state index contributed by atoms with van der Waals surface area (Å²) < 4.78 is 0. The van der Waals surface area contributed by atoms with Crippen molar-refractivity contribution in [2.75, 3.05) is 58.5 Å². The highest BCUT2D eigenvalue weighted by molar-refractivity contribution is 8.15. The lowest BCUT2D eigenvalue weighted by molar-refractivity contribution is 0.247. The molecule has 0 aromatic carbocycles. The third kappa shape index (κ3) is 16.5. The first-order chi connectivity index (χ1) is 9.70. The van der Waals surface area contributed by atoms with E-state index in [0.29, 0.717) is 16.3 Å². The van der Waals surface area contributed by atoms with Gasteiger partial charge < -0.3 is 9.80 Å². The van der Waals surface area contributed by atoms with Gasteiger partial charge in [0.15, 0.2) is 0 Å². The summed E-state index contributed by atoms with van der Waals surface area (Å²) in [4.78, 5) is 5.00. The normalized spacial score (nSPS) is 13.3. The predicted molar refractivity (Wildman–Crippen MR) is 103 cm³/mol. The maximum absolute atomic E-state index is 2.50. The quantitative estimate of drug-likeness (QED) is 0.427. The molecule has 0 aliphatic heterocycles. The molecule has 0 unspecified atom stereocenters. The van der Waals surface area contributed by atoms with Crippen molar-refractivity contribution in [3.8, 4) is 0 Å². The highest BCUT2D eigenvalue weighted by Gasteiger charge is 2.09. The van der Waals surface area contributed by atoms with Crippen molar-refractivity contribution in [3.05, 3.63) is 0 Å². The molecule has 0 saturated heterocycles. The molecular formula is C18H42N2S. The molecule has 0 aromatic heterocycles. The van der Waals surface area contributed by atoms with Gasteiger partial charge in [-0.1, -0.05) is 27.2 Å². The molecule has 0 spiro atoms. The van der Waals surface area contributed by atoms with Gasteiger partial charge in [0.05, 0.1) is 0 Å². The zero-order valence-corrected chi connectivity index (χ0v) is 16.8. The van der Waals surface area contributed by atoms with Crippen LogP contribution in [0.3, 0.4) is 0 Å². The number of hydrogen-bond donors (Lipinski definition) is 1. The van der Waals surface area contributed by atoms with Gasteiger partial charge in [-0.25, -0.2) is 0 Å². The minimum absolute atomic E-state index is 0.306. The van der Waals surface area contributed by atoms with E-state index in [1.807, 2.05) is 0 Å². The topological polar surface area (TPSA) is 6.48 Å². The monoisotopic (exact) mass is 318 g/mol. The highest BCUT2D eigenvalue weighted by Crippen LogP contribution is 2.21. The fraction of sp³-hybridized carbons (Fsp3) is 1.00. The van der Waals surface area contributed by atoms with Crippen LogP contribution in [0.5, 0.6) is 0 Å². The third-order valence-corrected chi connectivity index (χ3v) is 5.19. The molecule has 21 heavy (non-hydrogen) atoms. The van der Waals surface area contributed by atoms with Gasteiger partial charge in [-0.15, -0.1) is 0 Å². The molecule has 0 amide bonds. The van der Waals surface area contributed by atoms with Gasteiger partial charge in [0, 0.05) is 13.1 Å². The average molecular weight is 319 g/mol. The molecule has 0 rings (SSSR count). The SMILES string of the molecule is CN(CCCC[SH](C)C)CCN(C)CCCCC(C)(C)C. The van der Waals surface area contributed by atoms with Crippen molar-refractivity contribution in [2.24, 2.45) is 5.41 Å². The Balaban J connectivity index is 3.48. The minimum atomic E-state index is 0.306. The van der Waals surface area contributed by atoms with Crippen LogP contribution in [0.25, 0.3) is 0 Å². The van der Waals surface area contributed by atoms with Crippen LogP contribution in [0.15, 0.2) is 0 Å². The van der Waals surface area contributed by atoms with E-state index < -0.39 is 0 Å². The smallest absolute Gasteiger partial charge is 0.0106 e. The maximum atomic E-state index is 2.50. The lowest BCUT2D eigenvalue weighted by atomic mass is 9.90. The van der Waals surface area contributed by atoms with Crippen LogP contribution < -0.4 is 0 Å². The number of rotatable bonds is 12. The molecule has 0 aliphatic carbocycles. The van der Waals surface area contributed by atoms with Crippen molar-refractivity contribution < 1.29 is 0 Å². The van der Waals surface area contributed by atoms with Gasteiger partial charge in [0.1, 0.15) is 0 Å². The second kappa shape index (κ2) is 11.8. The van der Waals surface area contributed by atoms with Crippen LogP contribution in [-0.2, 0) is 0 Å². The molecule has 0 saturated carbocycles. The Hall–Kier alpha value is 0.270. The van der Waals surface area contributed by atoms with Crippen LogP contribution in [0.4, 0.5) is 0 Å². The predicted octanol–water partition coefficient (Wildman–Crippen LogP) is 4.11. The highest BCUT2D eigenvalue weighted by atomic mass is 32.2. The van der Waals surface area contributed by atoms with Gasteiger partial charge in [-0.05, 0) is 76.5 Å². The fourth-order valence-corrected chi connectivity index (χ4v) is 3.27. The lowest BCUT2D eigenvalue weighted by Gasteiger charge is -2.23. The van der Waals surface area contributed by atoms with Gasteiger partial charge in [0.25, 0.3) is 0 Å². The van der Waals surface area contributed by atoms with E-state index in [2.05, 4.69) is 57.2 Å². The Labute approximate surface area is 138 Å². The average Bonchev–Trinajstić information content (AvgIpc) is 2.36. The molecular weight excluding hydrogens is 276 g/mol. The van der Waals surface area contributed by atoms with Crippen molar-refractivity contribution >= 4 is 10.9 Å². The summed E-state index contributed by atoms with van der Waals surface area (Å²) in [5.74, 6) is 1.44. The van der Waals surface area contributed by atoms with E-state index in [1.54, 1.807) is 0 Å². The lowest BCUT2D eigenvalue weighted by Crippen LogP contribution is -2.32. The summed E-state index contributed by atoms with van der Waals surface area (Å²) in [5, 5.41) is 0. The van der Waals surface area contributed by atoms with Crippen LogP contribution in [0.2, 0.25) is 0 Å². The zero-order chi connectivity index (χ0) is 16.3. The molecule has 0 bridgehead atoms. The Bertz CT molecular complexity index is 236. The molecule has 130 valence electrons. The largest absolute Gasteiger partial charge is 0.305 e. The van der Waals surface area contributed by atoms with E-state index in [9.17, 15) is 0 Å². The Kier molecular flexibility index (Phi) is 11.9. The Morgan fingerprint density at radius 3 is 1.62 bits per heavy atom. The molecule has 0 aliphatic rings. The van der Waals surface area contributed by atoms with Gasteiger partial charge >= 0.3 is 0 Å². The fourth-order valence-electron chi connectivity index (χ4n) is 2.41. The van der Waals surface area contributed by atoms with Gasteiger partial charge in [-0.2, -0.15) is 0 Å². The molecule has 3 heteroatoms. The van der Waals surface area contributed by atoms with E-state index in [1.165, 1.54) is 64.0 Å². The first-order valence-electron chi connectivity index (χ1n) is 8.72. The summed E-state index contributed by atoms with van der Waals surface area (Å²) in [5.41, 5.74) is 0.496. The van der Waals surface area contributed by atoms with Crippen LogP contribution >= 0.6 is 10.9 Å². The number of unbranched alkanes of at least 4 members (excludes halogenated alkanes) is 2. The maximum Gasteiger partial charge on any atom is 0.0106 e. The summed E-state index contributed by atoms with van der Waals surface area (Å²) in [7, 11) is 4.85. The molecule has 0 atom stereocenters. The molecule has 0 aromatic rings. The Morgan fingerprint density at radius 2 is 1.19 bits per heavy atom. The van der Waals surface area contributed by atoms with E-state index in [4.69, 9.17) is 0 Å². The van der Waals surface area contributed by atoms with E-state index in [0.717, 1.165) is 0 Å². The first kappa shape index (κ1) is 21.3. The molecule has 2 nitrogen and oxygen atoms in total. The van der Waals surface area contributed by atoms with Gasteiger partial charge in [-0.3, -0.25) is 10.9 Å². The molecule has 0 heterocycles. The summed E-state index contributed by atoms with van der Waals surface area (Å²) in [6, 6.07) is 0. The van der Waals surface area contributed by atoms with Crippen molar-refractivity contribution in [1.29, 1.82) is 0 Å². The summed E-state index contributed by atoms with van der Waals surface area (Å²) in [6.07, 6.45) is 11.6. The summed E-state index contributed by atoms with van der Waals surface area (Å²) >= 11 is 0. The standard InChI is InChI=1S/C18H42N2S/c1-18(2,3)12-8-9-13-19(4)15-16-20(5)14-10-11-17-21(6)7/h21H,8-17H2,1-7H3. The van der Waals surface area contributed by atoms with Crippen LogP contribution in [-0.4, -0.2) is 68.3 Å². The van der Waals surface area contributed by atoms with Crippen molar-refractivity contribution in [2.45, 2.75) is 52.9 Å². The molecule has 0 radical (unpaired) electrons. The Morgan fingerprint density at radius 1 is 0.714 bits per heavy atom. The van der Waals surface area contributed by atoms with Crippen molar-refractivity contribution in [3.63, 3.8) is 0 Å². The van der Waals surface area contributed by atoms with Crippen LogP contribution in [0, 0.1) is 5.41 Å². The number of hydrogen-bond acceptors (Lipinski definition) is 2. The number of likely N-dealkylation sites (N-methyl/N-ethyl adjacent to an activating group) is 2. The minimum Gasteiger partial charge on any atom is -0.305 e. The second-order valence-electron chi connectivity index (χ2n) is 8.13. The zero-order valence-electron chi connectivity index (χ0n) is 15.9. The second-order valence-corrected chi connectivity index (χ2v) is 10.7. The number of nitrogens with zero attached hydrogens (tertiary/aromatic N) is 2. The number of thiol groups is 1. The van der Waals surface area contributed by atoms with Crippen LogP contribution in [0.1, 0.15) is 52.9 Å². The first-order valence-corrected chi connectivity index (χ1v) is 11.1. The molecule has 0 fully saturated rings.